The van der Waals surface area contributed by atoms with E-state index < -0.39 is 58.3 Å². The zero-order valence-corrected chi connectivity index (χ0v) is 34.9. The number of ether oxygens (including phenoxy) is 2. The molecule has 320 valence electrons. The zero-order chi connectivity index (χ0) is 42.7. The highest BCUT2D eigenvalue weighted by atomic mass is 31.2. The van der Waals surface area contributed by atoms with Gasteiger partial charge in [-0.05, 0) is 64.2 Å². The number of unbranched alkanes of at least 4 members (excludes halogenated alkanes) is 22. The summed E-state index contributed by atoms with van der Waals surface area (Å²) in [6, 6.07) is 0. The minimum atomic E-state index is -5.59. The van der Waals surface area contributed by atoms with E-state index in [0.29, 0.717) is 12.8 Å². The van der Waals surface area contributed by atoms with Gasteiger partial charge in [0.2, 0.25) is 0 Å². The maximum absolute atomic E-state index is 12.5. The Kier molecular flexibility index (Phi) is 35.6. The van der Waals surface area contributed by atoms with Crippen molar-refractivity contribution in [1.82, 2.24) is 6.15 Å². The molecule has 2 atom stereocenters. The van der Waals surface area contributed by atoms with Crippen LogP contribution in [0.4, 0.5) is 0 Å². The molecule has 0 aromatic heterocycles. The quantitative estimate of drug-likeness (QED) is 0.0200. The summed E-state index contributed by atoms with van der Waals surface area (Å²) >= 11 is 0. The molecule has 0 aromatic rings. The van der Waals surface area contributed by atoms with E-state index in [2.05, 4.69) is 47.2 Å². The molecule has 0 radical (unpaired) electrons. The van der Waals surface area contributed by atoms with E-state index in [1.165, 1.54) is 77.0 Å². The Morgan fingerprint density at radius 1 is 0.537 bits per heavy atom. The molecule has 0 saturated carbocycles. The lowest BCUT2D eigenvalue weighted by atomic mass is 10.1. The molecule has 0 aliphatic rings. The summed E-state index contributed by atoms with van der Waals surface area (Å²) in [7, 11) is -5.59. The van der Waals surface area contributed by atoms with Gasteiger partial charge in [-0.2, -0.15) is 0 Å². The van der Waals surface area contributed by atoms with Crippen LogP contribution in [0.1, 0.15) is 199 Å². The summed E-state index contributed by atoms with van der Waals surface area (Å²) < 4.78 is 62.3. The van der Waals surface area contributed by atoms with E-state index in [1.807, 2.05) is 0 Å². The van der Waals surface area contributed by atoms with E-state index in [4.69, 9.17) is 15.0 Å². The highest BCUT2D eigenvalue weighted by Gasteiger charge is 2.25. The molecule has 0 fully saturated rings. The molecule has 0 aliphatic heterocycles. The molecule has 0 heterocycles. The van der Waals surface area contributed by atoms with E-state index >= 15 is 0 Å². The van der Waals surface area contributed by atoms with Crippen LogP contribution in [0.15, 0.2) is 24.3 Å². The first-order chi connectivity index (χ1) is 27.2. The zero-order valence-electron chi connectivity index (χ0n) is 38.0. The number of rotatable bonds is 40. The smallest absolute Gasteiger partial charge is 0.463 e. The van der Waals surface area contributed by atoms with Gasteiger partial charge < -0.3 is 30.7 Å². The number of carbonyl (C=O) groups is 2. The first kappa shape index (κ1) is 46.8. The van der Waals surface area contributed by atoms with Crippen LogP contribution in [0.3, 0.4) is 0 Å². The molecule has 0 amide bonds. The normalized spacial score (nSPS) is 14.6. The Morgan fingerprint density at radius 2 is 0.815 bits per heavy atom. The van der Waals surface area contributed by atoms with Gasteiger partial charge in [-0.1, -0.05) is 141 Å². The summed E-state index contributed by atoms with van der Waals surface area (Å²) in [4.78, 5) is 34.2. The summed E-state index contributed by atoms with van der Waals surface area (Å²) in [6.45, 7) is -3.94. The molecular weight excluding hydrogens is 709 g/mol. The van der Waals surface area contributed by atoms with Gasteiger partial charge in [0, 0.05) is 12.8 Å². The Morgan fingerprint density at radius 3 is 1.13 bits per heavy atom. The largest absolute Gasteiger partial charge is 0.472 e. The van der Waals surface area contributed by atoms with Gasteiger partial charge in [-0.25, -0.2) is 4.57 Å². The fraction of sp³-hybridized carbons (Fsp3) is 0.857. The third kappa shape index (κ3) is 41.6. The van der Waals surface area contributed by atoms with Crippen LogP contribution in [0.25, 0.3) is 0 Å². The number of aliphatic hydroxyl groups excluding tert-OH is 2. The predicted molar refractivity (Wildman–Crippen MR) is 220 cm³/mol. The lowest BCUT2D eigenvalue weighted by molar-refractivity contribution is -0.147. The predicted octanol–water partition coefficient (Wildman–Crippen LogP) is 11.2. The van der Waals surface area contributed by atoms with Crippen LogP contribution in [0, 0.1) is 0 Å². The number of phosphoric acid groups is 1. The second-order valence-electron chi connectivity index (χ2n) is 14.0. The molecule has 11 nitrogen and oxygen atoms in total. The SMILES string of the molecule is N.[2H]C([2H])(OP(=O)(O)OC([2H])([2H])[C@H](O)COC(=O)CCCCCCC/C=C\CCCCCCCC)[C@H](O)COC(=O)CCCCCCC/C=C\CCCCCCCC. The number of carbonyl (C=O) groups excluding carboxylic acids is 2. The highest BCUT2D eigenvalue weighted by Crippen LogP contribution is 2.43. The molecule has 54 heavy (non-hydrogen) atoms. The van der Waals surface area contributed by atoms with Crippen molar-refractivity contribution in [2.45, 2.75) is 206 Å². The molecule has 0 aromatic carbocycles. The standard InChI is InChI=1S/C42H79O10P.H3N/c1-3-5-7-9-11-13-15-17-19-21-23-25-27-29-31-33-41(45)49-35-39(43)37-51-53(47,48)52-38-40(44)36-50-42(46)34-32-30-28-26-24-22-20-18-16-14-12-10-8-6-4-2;/h17-20,39-40,43-44H,3-16,21-38H2,1-2H3,(H,47,48);1H3/b19-17-,20-18-;/t39-,40-;/m1./s1/i37D2,38D2;. The minimum absolute atomic E-state index is 0. The molecule has 0 unspecified atom stereocenters. The van der Waals surface area contributed by atoms with Crippen molar-refractivity contribution < 1.29 is 53.3 Å². The second-order valence-corrected chi connectivity index (χ2v) is 15.3. The monoisotopic (exact) mass is 796 g/mol. The van der Waals surface area contributed by atoms with Gasteiger partial charge in [0.15, 0.2) is 0 Å². The van der Waals surface area contributed by atoms with Crippen LogP contribution < -0.4 is 6.15 Å². The number of aliphatic hydroxyl groups is 2. The number of allylic oxidation sites excluding steroid dienone is 4. The van der Waals surface area contributed by atoms with Crippen molar-refractivity contribution in [3.63, 3.8) is 0 Å². The third-order valence-corrected chi connectivity index (χ3v) is 9.37. The summed E-state index contributed by atoms with van der Waals surface area (Å²) in [5.74, 6) is -1.37. The molecule has 6 N–H and O–H groups in total. The molecular formula is C42H82NO10P. The Labute approximate surface area is 335 Å². The van der Waals surface area contributed by atoms with Crippen LogP contribution in [-0.2, 0) is 32.7 Å². The average Bonchev–Trinajstić information content (AvgIpc) is 3.14. The second kappa shape index (κ2) is 41.1. The van der Waals surface area contributed by atoms with Crippen LogP contribution in [0.5, 0.6) is 0 Å². The highest BCUT2D eigenvalue weighted by molar-refractivity contribution is 7.47. The van der Waals surface area contributed by atoms with Gasteiger partial charge in [-0.3, -0.25) is 18.6 Å². The molecule has 0 spiro atoms. The van der Waals surface area contributed by atoms with Gasteiger partial charge in [0.05, 0.1) is 18.6 Å². The van der Waals surface area contributed by atoms with Crippen LogP contribution in [-0.4, -0.2) is 65.6 Å². The molecule has 0 saturated heterocycles. The molecule has 0 aliphatic carbocycles. The van der Waals surface area contributed by atoms with Crippen LogP contribution >= 0.6 is 7.82 Å². The lowest BCUT2D eigenvalue weighted by Gasteiger charge is -2.17. The van der Waals surface area contributed by atoms with E-state index in [-0.39, 0.29) is 19.0 Å². The van der Waals surface area contributed by atoms with E-state index in [1.54, 1.807) is 0 Å². The van der Waals surface area contributed by atoms with E-state index in [9.17, 15) is 29.3 Å². The maximum atomic E-state index is 12.5. The van der Waals surface area contributed by atoms with Gasteiger partial charge in [0.25, 0.3) is 0 Å². The topological polar surface area (TPSA) is 184 Å². The summed E-state index contributed by atoms with van der Waals surface area (Å²) in [6.07, 6.45) is 33.3. The van der Waals surface area contributed by atoms with Crippen molar-refractivity contribution in [1.29, 1.82) is 0 Å². The van der Waals surface area contributed by atoms with E-state index in [0.717, 1.165) is 77.0 Å². The molecule has 0 rings (SSSR count). The summed E-state index contributed by atoms with van der Waals surface area (Å²) in [5, 5.41) is 20.4. The van der Waals surface area contributed by atoms with Crippen molar-refractivity contribution in [3.05, 3.63) is 24.3 Å². The summed E-state index contributed by atoms with van der Waals surface area (Å²) in [5.41, 5.74) is 0. The fourth-order valence-electron chi connectivity index (χ4n) is 5.51. The molecule has 12 heteroatoms. The number of hydrogen-bond acceptors (Lipinski definition) is 10. The first-order valence-electron chi connectivity index (χ1n) is 22.9. The third-order valence-electron chi connectivity index (χ3n) is 8.70. The first-order valence-corrected chi connectivity index (χ1v) is 22.4. The molecule has 0 bridgehead atoms. The van der Waals surface area contributed by atoms with Gasteiger partial charge >= 0.3 is 19.8 Å². The Bertz CT molecular complexity index is 1040. The van der Waals surface area contributed by atoms with Crippen molar-refractivity contribution in [2.75, 3.05) is 26.3 Å². The lowest BCUT2D eigenvalue weighted by Crippen LogP contribution is -2.25. The minimum Gasteiger partial charge on any atom is -0.463 e. The van der Waals surface area contributed by atoms with Gasteiger partial charge in [-0.15, -0.1) is 0 Å². The van der Waals surface area contributed by atoms with Crippen molar-refractivity contribution in [3.8, 4) is 0 Å². The average molecular weight is 796 g/mol. The number of hydrogen-bond donors (Lipinski definition) is 4. The van der Waals surface area contributed by atoms with Crippen LogP contribution in [0.2, 0.25) is 0 Å². The van der Waals surface area contributed by atoms with Gasteiger partial charge in [0.1, 0.15) is 25.4 Å². The van der Waals surface area contributed by atoms with Crippen molar-refractivity contribution in [2.24, 2.45) is 0 Å². The van der Waals surface area contributed by atoms with Crippen molar-refractivity contribution >= 4 is 19.8 Å². The number of esters is 2. The Balaban J connectivity index is 0. The Hall–Kier alpha value is -1.59. The number of phosphoric ester groups is 1. The maximum Gasteiger partial charge on any atom is 0.472 e. The fourth-order valence-corrected chi connectivity index (χ4v) is 6.06.